The van der Waals surface area contributed by atoms with E-state index in [0.29, 0.717) is 0 Å². The molecule has 1 rings (SSSR count). The Labute approximate surface area is 70.5 Å². The number of halogens is 3. The maximum absolute atomic E-state index is 5.85. The zero-order valence-corrected chi connectivity index (χ0v) is 7.26. The lowest BCUT2D eigenvalue weighted by Crippen LogP contribution is -2.29. The fraction of sp³-hybridized carbons (Fsp3) is 1.00. The summed E-state index contributed by atoms with van der Waals surface area (Å²) in [4.78, 5) is 0. The van der Waals surface area contributed by atoms with Crippen LogP contribution in [0.15, 0.2) is 0 Å². The predicted octanol–water partition coefficient (Wildman–Crippen LogP) is 2.99. The Balaban J connectivity index is 2.41. The van der Waals surface area contributed by atoms with Gasteiger partial charge in [0.05, 0.1) is 16.1 Å². The normalized spacial score (nSPS) is 39.0. The molecule has 0 aromatic carbocycles. The smallest absolute Gasteiger partial charge is 0.0663 e. The van der Waals surface area contributed by atoms with Gasteiger partial charge in [0.2, 0.25) is 0 Å². The van der Waals surface area contributed by atoms with Gasteiger partial charge in [0.15, 0.2) is 0 Å². The molecule has 9 heavy (non-hydrogen) atoms. The molecule has 0 N–H and O–H groups in total. The average Bonchev–Trinajstić information content (AvgIpc) is 1.83. The third kappa shape index (κ3) is 1.89. The Bertz CT molecular complexity index is 84.3. The molecule has 1 fully saturated rings. The van der Waals surface area contributed by atoms with Crippen molar-refractivity contribution in [3.05, 3.63) is 0 Å². The average molecular weight is 187 g/mol. The molecule has 1 aliphatic rings. The van der Waals surface area contributed by atoms with Crippen LogP contribution in [0.2, 0.25) is 0 Å². The van der Waals surface area contributed by atoms with Crippen LogP contribution in [-0.4, -0.2) is 16.1 Å². The van der Waals surface area contributed by atoms with Gasteiger partial charge in [0, 0.05) is 0 Å². The Morgan fingerprint density at radius 2 is 1.33 bits per heavy atom. The highest BCUT2D eigenvalue weighted by molar-refractivity contribution is 6.35. The topological polar surface area (TPSA) is 0 Å². The highest BCUT2D eigenvalue weighted by Gasteiger charge is 2.28. The third-order valence-corrected chi connectivity index (χ3v) is 3.50. The summed E-state index contributed by atoms with van der Waals surface area (Å²) in [6.07, 6.45) is 3.14. The molecular formula is C6H9Cl3. The van der Waals surface area contributed by atoms with E-state index in [0.717, 1.165) is 19.3 Å². The second-order valence-corrected chi connectivity index (χ2v) is 4.03. The van der Waals surface area contributed by atoms with Crippen molar-refractivity contribution in [3.63, 3.8) is 0 Å². The molecule has 0 nitrogen and oxygen atoms in total. The van der Waals surface area contributed by atoms with Crippen molar-refractivity contribution in [1.82, 2.24) is 0 Å². The van der Waals surface area contributed by atoms with Crippen molar-refractivity contribution in [2.24, 2.45) is 0 Å². The minimum absolute atomic E-state index is 0.0258. The van der Waals surface area contributed by atoms with Crippen LogP contribution in [0.4, 0.5) is 0 Å². The van der Waals surface area contributed by atoms with Gasteiger partial charge in [0.1, 0.15) is 0 Å². The molecule has 0 heterocycles. The van der Waals surface area contributed by atoms with Crippen LogP contribution in [0.25, 0.3) is 0 Å². The van der Waals surface area contributed by atoms with E-state index in [1.165, 1.54) is 0 Å². The molecule has 3 heteroatoms. The van der Waals surface area contributed by atoms with Crippen molar-refractivity contribution < 1.29 is 0 Å². The largest absolute Gasteiger partial charge is 0.121 e. The molecule has 54 valence electrons. The zero-order chi connectivity index (χ0) is 6.85. The van der Waals surface area contributed by atoms with Gasteiger partial charge in [-0.05, 0) is 12.8 Å². The minimum Gasteiger partial charge on any atom is -0.121 e. The van der Waals surface area contributed by atoms with E-state index in [1.807, 2.05) is 0 Å². The van der Waals surface area contributed by atoms with Crippen LogP contribution >= 0.6 is 34.8 Å². The number of rotatable bonds is 0. The summed E-state index contributed by atoms with van der Waals surface area (Å²) in [5.74, 6) is 0. The van der Waals surface area contributed by atoms with Crippen molar-refractivity contribution >= 4 is 34.8 Å². The van der Waals surface area contributed by atoms with Gasteiger partial charge in [-0.25, -0.2) is 0 Å². The molecule has 0 aromatic rings. The molecule has 1 saturated carbocycles. The van der Waals surface area contributed by atoms with Gasteiger partial charge in [-0.1, -0.05) is 6.42 Å². The van der Waals surface area contributed by atoms with Crippen molar-refractivity contribution in [2.75, 3.05) is 0 Å². The maximum Gasteiger partial charge on any atom is 0.0663 e. The standard InChI is InChI=1S/C6H9Cl3/c7-4-2-1-3-5(8)6(4)9/h4-6H,1-3H2/t4-,5-/m0/s1. The lowest BCUT2D eigenvalue weighted by Gasteiger charge is -2.25. The zero-order valence-electron chi connectivity index (χ0n) is 4.99. The Kier molecular flexibility index (Phi) is 2.94. The SMILES string of the molecule is ClC1[C@@H](Cl)CCC[C@@H]1Cl. The number of alkyl halides is 3. The van der Waals surface area contributed by atoms with Crippen LogP contribution < -0.4 is 0 Å². The molecule has 0 aliphatic heterocycles. The molecule has 2 atom stereocenters. The summed E-state index contributed by atoms with van der Waals surface area (Å²) in [7, 11) is 0. The molecule has 0 spiro atoms. The van der Waals surface area contributed by atoms with Gasteiger partial charge in [-0.3, -0.25) is 0 Å². The molecular weight excluding hydrogens is 178 g/mol. The second-order valence-electron chi connectivity index (χ2n) is 2.41. The highest BCUT2D eigenvalue weighted by atomic mass is 35.5. The monoisotopic (exact) mass is 186 g/mol. The molecule has 0 aromatic heterocycles. The van der Waals surface area contributed by atoms with Gasteiger partial charge in [-0.2, -0.15) is 0 Å². The Morgan fingerprint density at radius 1 is 0.889 bits per heavy atom. The number of hydrogen-bond donors (Lipinski definition) is 0. The van der Waals surface area contributed by atoms with Crippen LogP contribution in [0, 0.1) is 0 Å². The molecule has 0 bridgehead atoms. The Hall–Kier alpha value is 0.870. The van der Waals surface area contributed by atoms with Crippen molar-refractivity contribution in [1.29, 1.82) is 0 Å². The summed E-state index contributed by atoms with van der Waals surface area (Å²) >= 11 is 17.5. The fourth-order valence-corrected chi connectivity index (χ4v) is 2.04. The van der Waals surface area contributed by atoms with Crippen molar-refractivity contribution in [2.45, 2.75) is 35.4 Å². The summed E-state index contributed by atoms with van der Waals surface area (Å²) in [5, 5.41) is 0.146. The van der Waals surface area contributed by atoms with E-state index in [1.54, 1.807) is 0 Å². The number of hydrogen-bond acceptors (Lipinski definition) is 0. The first-order valence-corrected chi connectivity index (χ1v) is 4.45. The minimum atomic E-state index is -0.0258. The van der Waals surface area contributed by atoms with E-state index >= 15 is 0 Å². The van der Waals surface area contributed by atoms with E-state index in [2.05, 4.69) is 0 Å². The van der Waals surface area contributed by atoms with E-state index in [4.69, 9.17) is 34.8 Å². The quantitative estimate of drug-likeness (QED) is 0.512. The second kappa shape index (κ2) is 3.32. The van der Waals surface area contributed by atoms with Gasteiger partial charge in [0.25, 0.3) is 0 Å². The van der Waals surface area contributed by atoms with Gasteiger partial charge < -0.3 is 0 Å². The third-order valence-electron chi connectivity index (χ3n) is 1.65. The molecule has 0 radical (unpaired) electrons. The molecule has 0 unspecified atom stereocenters. The molecule has 1 aliphatic carbocycles. The van der Waals surface area contributed by atoms with Gasteiger partial charge >= 0.3 is 0 Å². The lowest BCUT2D eigenvalue weighted by molar-refractivity contribution is 0.524. The van der Waals surface area contributed by atoms with Crippen LogP contribution in [-0.2, 0) is 0 Å². The Morgan fingerprint density at radius 3 is 1.67 bits per heavy atom. The van der Waals surface area contributed by atoms with Crippen LogP contribution in [0.1, 0.15) is 19.3 Å². The predicted molar refractivity (Wildman–Crippen MR) is 42.8 cm³/mol. The van der Waals surface area contributed by atoms with Crippen LogP contribution in [0.3, 0.4) is 0 Å². The highest BCUT2D eigenvalue weighted by Crippen LogP contribution is 2.30. The van der Waals surface area contributed by atoms with E-state index < -0.39 is 0 Å². The summed E-state index contributed by atoms with van der Waals surface area (Å²) in [6.45, 7) is 0. The molecule has 0 amide bonds. The summed E-state index contributed by atoms with van der Waals surface area (Å²) < 4.78 is 0. The van der Waals surface area contributed by atoms with Crippen LogP contribution in [0.5, 0.6) is 0 Å². The van der Waals surface area contributed by atoms with E-state index in [9.17, 15) is 0 Å². The fourth-order valence-electron chi connectivity index (χ4n) is 1.05. The van der Waals surface area contributed by atoms with E-state index in [-0.39, 0.29) is 16.1 Å². The molecule has 0 saturated heterocycles. The van der Waals surface area contributed by atoms with Crippen molar-refractivity contribution in [3.8, 4) is 0 Å². The first-order valence-electron chi connectivity index (χ1n) is 3.14. The first-order chi connectivity index (χ1) is 4.22. The summed E-state index contributed by atoms with van der Waals surface area (Å²) in [6, 6.07) is 0. The first kappa shape index (κ1) is 7.97. The van der Waals surface area contributed by atoms with Gasteiger partial charge in [-0.15, -0.1) is 34.8 Å². The lowest BCUT2D eigenvalue weighted by atomic mass is 9.99. The summed E-state index contributed by atoms with van der Waals surface area (Å²) in [5.41, 5.74) is 0. The maximum atomic E-state index is 5.85.